The Bertz CT molecular complexity index is 243. The molecule has 0 aromatic heterocycles. The number of nitrogens with zero attached hydrogens (tertiary/aromatic N) is 2. The first-order valence-corrected chi connectivity index (χ1v) is 5.45. The lowest BCUT2D eigenvalue weighted by atomic mass is 10.3. The maximum atomic E-state index is 11.6. The summed E-state index contributed by atoms with van der Waals surface area (Å²) in [6, 6.07) is 0. The van der Waals surface area contributed by atoms with Crippen LogP contribution in [0.1, 0.15) is 13.8 Å². The van der Waals surface area contributed by atoms with Gasteiger partial charge in [0.2, 0.25) is 11.8 Å². The largest absolute Gasteiger partial charge is 0.332 e. The standard InChI is InChI=1S/C10H19N3O2/c1-3-11-5-6-13-8-9(14)12(4-2)7-10(13)15/h11H,3-8H2,1-2H3. The molecule has 0 aliphatic carbocycles. The van der Waals surface area contributed by atoms with E-state index >= 15 is 0 Å². The number of carbonyl (C=O) groups excluding carboxylic acids is 2. The third kappa shape index (κ3) is 3.20. The minimum Gasteiger partial charge on any atom is -0.332 e. The summed E-state index contributed by atoms with van der Waals surface area (Å²) in [4.78, 5) is 26.3. The van der Waals surface area contributed by atoms with E-state index in [1.165, 1.54) is 0 Å². The first-order valence-electron chi connectivity index (χ1n) is 5.45. The average molecular weight is 213 g/mol. The first kappa shape index (κ1) is 12.0. The molecule has 0 radical (unpaired) electrons. The summed E-state index contributed by atoms with van der Waals surface area (Å²) in [5, 5.41) is 3.14. The summed E-state index contributed by atoms with van der Waals surface area (Å²) in [6.07, 6.45) is 0. The number of carbonyl (C=O) groups is 2. The Hall–Kier alpha value is -1.10. The van der Waals surface area contributed by atoms with E-state index in [1.807, 2.05) is 13.8 Å². The molecule has 0 aromatic rings. The minimum absolute atomic E-state index is 0.0496. The quantitative estimate of drug-likeness (QED) is 0.614. The summed E-state index contributed by atoms with van der Waals surface area (Å²) in [5.41, 5.74) is 0. The number of hydrogen-bond donors (Lipinski definition) is 1. The van der Waals surface area contributed by atoms with Crippen LogP contribution in [-0.4, -0.2) is 60.9 Å². The molecule has 1 saturated heterocycles. The second-order valence-electron chi connectivity index (χ2n) is 3.58. The van der Waals surface area contributed by atoms with Crippen LogP contribution in [0.5, 0.6) is 0 Å². The highest BCUT2D eigenvalue weighted by Crippen LogP contribution is 2.03. The van der Waals surface area contributed by atoms with Gasteiger partial charge in [-0.05, 0) is 13.5 Å². The number of amides is 2. The van der Waals surface area contributed by atoms with E-state index in [2.05, 4.69) is 5.32 Å². The van der Waals surface area contributed by atoms with E-state index in [-0.39, 0.29) is 24.9 Å². The van der Waals surface area contributed by atoms with Gasteiger partial charge in [-0.1, -0.05) is 6.92 Å². The monoisotopic (exact) mass is 213 g/mol. The van der Waals surface area contributed by atoms with Crippen molar-refractivity contribution in [3.63, 3.8) is 0 Å². The Labute approximate surface area is 90.4 Å². The fourth-order valence-electron chi connectivity index (χ4n) is 1.59. The minimum atomic E-state index is 0.0496. The molecule has 1 aliphatic rings. The van der Waals surface area contributed by atoms with Gasteiger partial charge in [-0.15, -0.1) is 0 Å². The van der Waals surface area contributed by atoms with Crippen LogP contribution in [0.25, 0.3) is 0 Å². The van der Waals surface area contributed by atoms with Crippen LogP contribution < -0.4 is 5.32 Å². The molecule has 2 amide bonds. The van der Waals surface area contributed by atoms with E-state index in [0.717, 1.165) is 13.1 Å². The van der Waals surface area contributed by atoms with E-state index in [4.69, 9.17) is 0 Å². The second-order valence-corrected chi connectivity index (χ2v) is 3.58. The maximum absolute atomic E-state index is 11.6. The normalized spacial score (nSPS) is 17.5. The molecule has 5 heteroatoms. The molecule has 1 N–H and O–H groups in total. The van der Waals surface area contributed by atoms with Gasteiger partial charge in [-0.2, -0.15) is 0 Å². The van der Waals surface area contributed by atoms with Gasteiger partial charge in [0, 0.05) is 19.6 Å². The Morgan fingerprint density at radius 3 is 2.33 bits per heavy atom. The lowest BCUT2D eigenvalue weighted by Gasteiger charge is -2.33. The Morgan fingerprint density at radius 1 is 1.13 bits per heavy atom. The molecule has 0 spiro atoms. The van der Waals surface area contributed by atoms with Crippen molar-refractivity contribution in [2.75, 3.05) is 39.3 Å². The van der Waals surface area contributed by atoms with Gasteiger partial charge in [0.15, 0.2) is 0 Å². The van der Waals surface area contributed by atoms with Crippen molar-refractivity contribution in [2.45, 2.75) is 13.8 Å². The summed E-state index contributed by atoms with van der Waals surface area (Å²) in [5.74, 6) is 0.1000. The molecule has 1 heterocycles. The number of nitrogens with one attached hydrogen (secondary N) is 1. The van der Waals surface area contributed by atoms with E-state index < -0.39 is 0 Å². The maximum Gasteiger partial charge on any atom is 0.242 e. The molecule has 0 aromatic carbocycles. The molecule has 0 saturated carbocycles. The zero-order valence-corrected chi connectivity index (χ0v) is 9.45. The lowest BCUT2D eigenvalue weighted by molar-refractivity contribution is -0.149. The molecule has 86 valence electrons. The van der Waals surface area contributed by atoms with Crippen molar-refractivity contribution < 1.29 is 9.59 Å². The van der Waals surface area contributed by atoms with E-state index in [0.29, 0.717) is 13.1 Å². The van der Waals surface area contributed by atoms with Gasteiger partial charge < -0.3 is 15.1 Å². The average Bonchev–Trinajstić information content (AvgIpc) is 2.23. The molecule has 0 unspecified atom stereocenters. The van der Waals surface area contributed by atoms with Gasteiger partial charge in [0.05, 0.1) is 13.1 Å². The van der Waals surface area contributed by atoms with Crippen molar-refractivity contribution in [1.29, 1.82) is 0 Å². The zero-order valence-electron chi connectivity index (χ0n) is 9.45. The molecular formula is C10H19N3O2. The Morgan fingerprint density at radius 2 is 1.73 bits per heavy atom. The van der Waals surface area contributed by atoms with Crippen LogP contribution in [0.2, 0.25) is 0 Å². The molecule has 1 rings (SSSR count). The SMILES string of the molecule is CCNCCN1CC(=O)N(CC)CC1=O. The van der Waals surface area contributed by atoms with Gasteiger partial charge in [0.1, 0.15) is 0 Å². The molecule has 5 nitrogen and oxygen atoms in total. The molecular weight excluding hydrogens is 194 g/mol. The first-order chi connectivity index (χ1) is 7.19. The Kier molecular flexibility index (Phi) is 4.55. The number of likely N-dealkylation sites (N-methyl/N-ethyl adjacent to an activating group) is 2. The lowest BCUT2D eigenvalue weighted by Crippen LogP contribution is -2.54. The predicted molar refractivity (Wildman–Crippen MR) is 57.4 cm³/mol. The number of piperazine rings is 1. The molecule has 0 bridgehead atoms. The summed E-state index contributed by atoms with van der Waals surface area (Å²) in [6.45, 7) is 7.25. The van der Waals surface area contributed by atoms with E-state index in [9.17, 15) is 9.59 Å². The fourth-order valence-corrected chi connectivity index (χ4v) is 1.59. The molecule has 1 aliphatic heterocycles. The fraction of sp³-hybridized carbons (Fsp3) is 0.800. The van der Waals surface area contributed by atoms with Crippen LogP contribution >= 0.6 is 0 Å². The summed E-state index contributed by atoms with van der Waals surface area (Å²) in [7, 11) is 0. The number of hydrogen-bond acceptors (Lipinski definition) is 3. The molecule has 15 heavy (non-hydrogen) atoms. The van der Waals surface area contributed by atoms with Crippen molar-refractivity contribution in [2.24, 2.45) is 0 Å². The highest BCUT2D eigenvalue weighted by atomic mass is 16.2. The topological polar surface area (TPSA) is 52.7 Å². The van der Waals surface area contributed by atoms with Gasteiger partial charge >= 0.3 is 0 Å². The van der Waals surface area contributed by atoms with Gasteiger partial charge in [0.25, 0.3) is 0 Å². The van der Waals surface area contributed by atoms with Crippen LogP contribution in [0, 0.1) is 0 Å². The summed E-state index contributed by atoms with van der Waals surface area (Å²) >= 11 is 0. The van der Waals surface area contributed by atoms with Gasteiger partial charge in [-0.25, -0.2) is 0 Å². The van der Waals surface area contributed by atoms with Crippen molar-refractivity contribution >= 4 is 11.8 Å². The van der Waals surface area contributed by atoms with Crippen molar-refractivity contribution in [1.82, 2.24) is 15.1 Å². The van der Waals surface area contributed by atoms with E-state index in [1.54, 1.807) is 9.80 Å². The van der Waals surface area contributed by atoms with Crippen molar-refractivity contribution in [3.05, 3.63) is 0 Å². The highest BCUT2D eigenvalue weighted by Gasteiger charge is 2.27. The predicted octanol–water partition coefficient (Wildman–Crippen LogP) is -0.713. The third-order valence-corrected chi connectivity index (χ3v) is 2.55. The van der Waals surface area contributed by atoms with Crippen LogP contribution in [-0.2, 0) is 9.59 Å². The smallest absolute Gasteiger partial charge is 0.242 e. The van der Waals surface area contributed by atoms with Crippen LogP contribution in [0.15, 0.2) is 0 Å². The molecule has 1 fully saturated rings. The zero-order chi connectivity index (χ0) is 11.3. The highest BCUT2D eigenvalue weighted by molar-refractivity contribution is 5.92. The third-order valence-electron chi connectivity index (χ3n) is 2.55. The summed E-state index contributed by atoms with van der Waals surface area (Å²) < 4.78 is 0. The van der Waals surface area contributed by atoms with Crippen molar-refractivity contribution in [3.8, 4) is 0 Å². The second kappa shape index (κ2) is 5.70. The number of rotatable bonds is 5. The Balaban J connectivity index is 2.41. The van der Waals surface area contributed by atoms with Crippen LogP contribution in [0.3, 0.4) is 0 Å². The van der Waals surface area contributed by atoms with Crippen LogP contribution in [0.4, 0.5) is 0 Å². The molecule has 0 atom stereocenters. The van der Waals surface area contributed by atoms with Gasteiger partial charge in [-0.3, -0.25) is 9.59 Å².